The predicted octanol–water partition coefficient (Wildman–Crippen LogP) is 2.99. The van der Waals surface area contributed by atoms with Crippen molar-refractivity contribution in [1.29, 1.82) is 0 Å². The van der Waals surface area contributed by atoms with E-state index >= 15 is 0 Å². The van der Waals surface area contributed by atoms with Crippen LogP contribution in [0.3, 0.4) is 0 Å². The van der Waals surface area contributed by atoms with Crippen LogP contribution in [0.15, 0.2) is 15.2 Å². The zero-order valence-electron chi connectivity index (χ0n) is 10.6. The molecule has 0 aromatic carbocycles. The van der Waals surface area contributed by atoms with Gasteiger partial charge in [-0.05, 0) is 45.8 Å². The SMILES string of the molecule is CN(Cc1csc(Br)c1)C(=O)C1CCCCC1N. The van der Waals surface area contributed by atoms with Crippen LogP contribution in [-0.4, -0.2) is 23.9 Å². The Morgan fingerprint density at radius 2 is 2.28 bits per heavy atom. The van der Waals surface area contributed by atoms with E-state index in [0.29, 0.717) is 6.54 Å². The topological polar surface area (TPSA) is 46.3 Å². The first kappa shape index (κ1) is 14.0. The largest absolute Gasteiger partial charge is 0.341 e. The van der Waals surface area contributed by atoms with Crippen LogP contribution >= 0.6 is 27.3 Å². The average Bonchev–Trinajstić information content (AvgIpc) is 2.74. The summed E-state index contributed by atoms with van der Waals surface area (Å²) in [6.45, 7) is 0.671. The molecule has 1 heterocycles. The maximum Gasteiger partial charge on any atom is 0.227 e. The Labute approximate surface area is 120 Å². The molecule has 100 valence electrons. The zero-order valence-corrected chi connectivity index (χ0v) is 13.0. The fourth-order valence-corrected chi connectivity index (χ4v) is 3.73. The first-order valence-corrected chi connectivity index (χ1v) is 7.98. The van der Waals surface area contributed by atoms with Gasteiger partial charge in [-0.25, -0.2) is 0 Å². The molecule has 1 aliphatic carbocycles. The van der Waals surface area contributed by atoms with E-state index in [0.717, 1.165) is 29.5 Å². The normalized spacial score (nSPS) is 23.9. The molecule has 1 amide bonds. The number of nitrogens with two attached hydrogens (primary N) is 1. The van der Waals surface area contributed by atoms with Gasteiger partial charge in [0.15, 0.2) is 0 Å². The molecule has 1 aromatic rings. The molecule has 0 bridgehead atoms. The minimum atomic E-state index is 0.0193. The van der Waals surface area contributed by atoms with E-state index in [1.165, 1.54) is 5.56 Å². The summed E-state index contributed by atoms with van der Waals surface area (Å²) < 4.78 is 1.10. The molecule has 18 heavy (non-hydrogen) atoms. The van der Waals surface area contributed by atoms with E-state index < -0.39 is 0 Å². The summed E-state index contributed by atoms with van der Waals surface area (Å²) in [5, 5.41) is 2.08. The number of nitrogens with zero attached hydrogens (tertiary/aromatic N) is 1. The van der Waals surface area contributed by atoms with Crippen LogP contribution in [0.2, 0.25) is 0 Å². The van der Waals surface area contributed by atoms with Crippen molar-refractivity contribution in [1.82, 2.24) is 4.90 Å². The molecule has 0 radical (unpaired) electrons. The molecule has 0 aliphatic heterocycles. The van der Waals surface area contributed by atoms with Crippen LogP contribution in [0.1, 0.15) is 31.2 Å². The quantitative estimate of drug-likeness (QED) is 0.925. The molecule has 2 N–H and O–H groups in total. The molecular formula is C13H19BrN2OS. The van der Waals surface area contributed by atoms with Crippen molar-refractivity contribution in [3.63, 3.8) is 0 Å². The van der Waals surface area contributed by atoms with Crippen molar-refractivity contribution in [2.24, 2.45) is 11.7 Å². The Kier molecular flexibility index (Phi) is 4.81. The Balaban J connectivity index is 1.95. The van der Waals surface area contributed by atoms with E-state index in [1.54, 1.807) is 11.3 Å². The number of amides is 1. The monoisotopic (exact) mass is 330 g/mol. The van der Waals surface area contributed by atoms with Crippen molar-refractivity contribution in [2.45, 2.75) is 38.3 Å². The van der Waals surface area contributed by atoms with Crippen LogP contribution in [-0.2, 0) is 11.3 Å². The Morgan fingerprint density at radius 1 is 1.56 bits per heavy atom. The Hall–Kier alpha value is -0.390. The second-order valence-electron chi connectivity index (χ2n) is 5.01. The highest BCUT2D eigenvalue weighted by molar-refractivity contribution is 9.11. The highest BCUT2D eigenvalue weighted by Crippen LogP contribution is 2.26. The third-order valence-corrected chi connectivity index (χ3v) is 5.11. The molecule has 1 saturated carbocycles. The van der Waals surface area contributed by atoms with E-state index in [4.69, 9.17) is 5.73 Å². The van der Waals surface area contributed by atoms with Gasteiger partial charge in [0.25, 0.3) is 0 Å². The Bertz CT molecular complexity index is 421. The molecule has 1 fully saturated rings. The lowest BCUT2D eigenvalue weighted by molar-refractivity contribution is -0.136. The van der Waals surface area contributed by atoms with Gasteiger partial charge in [0.05, 0.1) is 9.70 Å². The summed E-state index contributed by atoms with van der Waals surface area (Å²) in [6.07, 6.45) is 4.21. The van der Waals surface area contributed by atoms with Crippen LogP contribution in [0, 0.1) is 5.92 Å². The average molecular weight is 331 g/mol. The molecule has 2 rings (SSSR count). The van der Waals surface area contributed by atoms with E-state index in [2.05, 4.69) is 27.4 Å². The number of rotatable bonds is 3. The fraction of sp³-hybridized carbons (Fsp3) is 0.615. The first-order chi connectivity index (χ1) is 8.58. The maximum absolute atomic E-state index is 12.4. The summed E-state index contributed by atoms with van der Waals surface area (Å²) in [5.74, 6) is 0.218. The highest BCUT2D eigenvalue weighted by atomic mass is 79.9. The predicted molar refractivity (Wildman–Crippen MR) is 78.4 cm³/mol. The number of halogens is 1. The minimum absolute atomic E-state index is 0.0193. The number of hydrogen-bond donors (Lipinski definition) is 1. The molecular weight excluding hydrogens is 312 g/mol. The molecule has 1 aromatic heterocycles. The first-order valence-electron chi connectivity index (χ1n) is 6.31. The lowest BCUT2D eigenvalue weighted by Gasteiger charge is -2.31. The number of carbonyl (C=O) groups excluding carboxylic acids is 1. The van der Waals surface area contributed by atoms with Gasteiger partial charge in [-0.2, -0.15) is 0 Å². The molecule has 5 heteroatoms. The molecule has 2 unspecified atom stereocenters. The van der Waals surface area contributed by atoms with Crippen LogP contribution < -0.4 is 5.73 Å². The lowest BCUT2D eigenvalue weighted by atomic mass is 9.84. The van der Waals surface area contributed by atoms with Crippen LogP contribution in [0.4, 0.5) is 0 Å². The van der Waals surface area contributed by atoms with E-state index in [9.17, 15) is 4.79 Å². The van der Waals surface area contributed by atoms with Gasteiger partial charge in [0.2, 0.25) is 5.91 Å². The van der Waals surface area contributed by atoms with Crippen LogP contribution in [0.5, 0.6) is 0 Å². The molecule has 0 spiro atoms. The van der Waals surface area contributed by atoms with Crippen molar-refractivity contribution in [2.75, 3.05) is 7.05 Å². The molecule has 0 saturated heterocycles. The van der Waals surface area contributed by atoms with Crippen molar-refractivity contribution >= 4 is 33.2 Å². The lowest BCUT2D eigenvalue weighted by Crippen LogP contribution is -2.44. The number of thiophene rings is 1. The third kappa shape index (κ3) is 3.33. The van der Waals surface area contributed by atoms with Gasteiger partial charge < -0.3 is 10.6 Å². The fourth-order valence-electron chi connectivity index (χ4n) is 2.53. The second-order valence-corrected chi connectivity index (χ2v) is 7.30. The van der Waals surface area contributed by atoms with Crippen molar-refractivity contribution < 1.29 is 4.79 Å². The second kappa shape index (κ2) is 6.17. The van der Waals surface area contributed by atoms with E-state index in [1.807, 2.05) is 11.9 Å². The van der Waals surface area contributed by atoms with Crippen molar-refractivity contribution in [3.05, 3.63) is 20.8 Å². The van der Waals surface area contributed by atoms with Crippen LogP contribution in [0.25, 0.3) is 0 Å². The van der Waals surface area contributed by atoms with Gasteiger partial charge >= 0.3 is 0 Å². The molecule has 3 nitrogen and oxygen atoms in total. The highest BCUT2D eigenvalue weighted by Gasteiger charge is 2.30. The number of hydrogen-bond acceptors (Lipinski definition) is 3. The van der Waals surface area contributed by atoms with Crippen molar-refractivity contribution in [3.8, 4) is 0 Å². The van der Waals surface area contributed by atoms with Gasteiger partial charge in [0, 0.05) is 19.6 Å². The smallest absolute Gasteiger partial charge is 0.227 e. The standard InChI is InChI=1S/C13H19BrN2OS/c1-16(7-9-6-12(14)18-8-9)13(17)10-4-2-3-5-11(10)15/h6,8,10-11H,2-5,7,15H2,1H3. The Morgan fingerprint density at radius 3 is 2.89 bits per heavy atom. The van der Waals surface area contributed by atoms with Gasteiger partial charge in [-0.15, -0.1) is 11.3 Å². The summed E-state index contributed by atoms with van der Waals surface area (Å²) in [4.78, 5) is 14.2. The summed E-state index contributed by atoms with van der Waals surface area (Å²) >= 11 is 5.09. The summed E-state index contributed by atoms with van der Waals surface area (Å²) in [5.41, 5.74) is 7.24. The maximum atomic E-state index is 12.4. The zero-order chi connectivity index (χ0) is 13.1. The van der Waals surface area contributed by atoms with Gasteiger partial charge in [-0.1, -0.05) is 12.8 Å². The van der Waals surface area contributed by atoms with E-state index in [-0.39, 0.29) is 17.9 Å². The third-order valence-electron chi connectivity index (χ3n) is 3.55. The van der Waals surface area contributed by atoms with Gasteiger partial charge in [0.1, 0.15) is 0 Å². The summed E-state index contributed by atoms with van der Waals surface area (Å²) in [7, 11) is 1.87. The molecule has 2 atom stereocenters. The molecule has 1 aliphatic rings. The summed E-state index contributed by atoms with van der Waals surface area (Å²) in [6, 6.07) is 2.11. The minimum Gasteiger partial charge on any atom is -0.341 e. The van der Waals surface area contributed by atoms with Gasteiger partial charge in [-0.3, -0.25) is 4.79 Å². The number of carbonyl (C=O) groups is 1.